The Morgan fingerprint density at radius 2 is 1.73 bits per heavy atom. The maximum Gasteiger partial charge on any atom is 0.261 e. The van der Waals surface area contributed by atoms with Crippen molar-refractivity contribution >= 4 is 15.7 Å². The van der Waals surface area contributed by atoms with Crippen LogP contribution in [0.4, 0.5) is 5.69 Å². The number of rotatable bonds is 5. The van der Waals surface area contributed by atoms with Gasteiger partial charge in [0, 0.05) is 6.07 Å². The zero-order valence-electron chi connectivity index (χ0n) is 12.7. The number of hydrogen-bond donors (Lipinski definition) is 2. The number of hydrogen-bond acceptors (Lipinski definition) is 4. The van der Waals surface area contributed by atoms with Crippen molar-refractivity contribution in [3.63, 3.8) is 0 Å². The highest BCUT2D eigenvalue weighted by Crippen LogP contribution is 2.29. The summed E-state index contributed by atoms with van der Waals surface area (Å²) in [6.07, 6.45) is 0. The highest BCUT2D eigenvalue weighted by molar-refractivity contribution is 7.92. The van der Waals surface area contributed by atoms with Crippen molar-refractivity contribution in [1.29, 1.82) is 0 Å². The van der Waals surface area contributed by atoms with E-state index >= 15 is 0 Å². The number of methoxy groups -OCH3 is 1. The van der Waals surface area contributed by atoms with E-state index < -0.39 is 10.0 Å². The Kier molecular flexibility index (Phi) is 4.61. The van der Waals surface area contributed by atoms with E-state index in [4.69, 9.17) is 4.74 Å². The molecule has 0 aliphatic heterocycles. The van der Waals surface area contributed by atoms with Crippen LogP contribution in [0.3, 0.4) is 0 Å². The van der Waals surface area contributed by atoms with Crippen molar-refractivity contribution in [2.45, 2.75) is 24.7 Å². The minimum atomic E-state index is -3.69. The van der Waals surface area contributed by atoms with Gasteiger partial charge in [-0.2, -0.15) is 0 Å². The van der Waals surface area contributed by atoms with Crippen molar-refractivity contribution in [3.05, 3.63) is 48.0 Å². The van der Waals surface area contributed by atoms with E-state index in [-0.39, 0.29) is 22.1 Å². The van der Waals surface area contributed by atoms with E-state index in [0.717, 1.165) is 5.56 Å². The fourth-order valence-corrected chi connectivity index (χ4v) is 3.05. The SMILES string of the molecule is COc1ccc(NS(=O)(=O)c2ccc(C(C)C)cc2)cc1O. The summed E-state index contributed by atoms with van der Waals surface area (Å²) in [5, 5.41) is 9.70. The van der Waals surface area contributed by atoms with Gasteiger partial charge in [0.2, 0.25) is 0 Å². The summed E-state index contributed by atoms with van der Waals surface area (Å²) in [6.45, 7) is 4.09. The van der Waals surface area contributed by atoms with Gasteiger partial charge in [0.05, 0.1) is 17.7 Å². The molecular weight excluding hydrogens is 302 g/mol. The second-order valence-corrected chi connectivity index (χ2v) is 6.90. The standard InChI is InChI=1S/C16H19NO4S/c1-11(2)12-4-7-14(8-5-12)22(19,20)17-13-6-9-16(21-3)15(18)10-13/h4-11,17-18H,1-3H3. The molecule has 0 aromatic heterocycles. The van der Waals surface area contributed by atoms with E-state index in [0.29, 0.717) is 5.92 Å². The third-order valence-corrected chi connectivity index (χ3v) is 4.69. The quantitative estimate of drug-likeness (QED) is 0.886. The number of aromatic hydroxyl groups is 1. The molecule has 0 saturated carbocycles. The zero-order valence-corrected chi connectivity index (χ0v) is 13.5. The first-order valence-corrected chi connectivity index (χ1v) is 8.31. The van der Waals surface area contributed by atoms with Crippen molar-refractivity contribution in [1.82, 2.24) is 0 Å². The Bertz CT molecular complexity index is 752. The Hall–Kier alpha value is -2.21. The molecule has 0 aliphatic rings. The normalized spacial score (nSPS) is 11.5. The molecule has 22 heavy (non-hydrogen) atoms. The zero-order chi connectivity index (χ0) is 16.3. The maximum absolute atomic E-state index is 12.3. The van der Waals surface area contributed by atoms with Gasteiger partial charge in [-0.25, -0.2) is 8.42 Å². The summed E-state index contributed by atoms with van der Waals surface area (Å²) in [5.41, 5.74) is 1.34. The van der Waals surface area contributed by atoms with Gasteiger partial charge in [-0.15, -0.1) is 0 Å². The summed E-state index contributed by atoms with van der Waals surface area (Å²) >= 11 is 0. The minimum Gasteiger partial charge on any atom is -0.504 e. The van der Waals surface area contributed by atoms with Gasteiger partial charge in [0.1, 0.15) is 0 Å². The third kappa shape index (κ3) is 3.51. The topological polar surface area (TPSA) is 75.6 Å². The molecule has 2 N–H and O–H groups in total. The van der Waals surface area contributed by atoms with Crippen LogP contribution in [0, 0.1) is 0 Å². The first-order chi connectivity index (χ1) is 10.3. The molecule has 0 amide bonds. The third-order valence-electron chi connectivity index (χ3n) is 3.29. The Morgan fingerprint density at radius 1 is 1.09 bits per heavy atom. The first-order valence-electron chi connectivity index (χ1n) is 6.83. The molecule has 5 nitrogen and oxygen atoms in total. The molecule has 0 fully saturated rings. The fraction of sp³-hybridized carbons (Fsp3) is 0.250. The summed E-state index contributed by atoms with van der Waals surface area (Å²) in [6, 6.07) is 11.1. The molecule has 0 atom stereocenters. The lowest BCUT2D eigenvalue weighted by molar-refractivity contribution is 0.373. The predicted octanol–water partition coefficient (Wildman–Crippen LogP) is 3.33. The smallest absolute Gasteiger partial charge is 0.261 e. The molecule has 2 aromatic rings. The highest BCUT2D eigenvalue weighted by atomic mass is 32.2. The average Bonchev–Trinajstić information content (AvgIpc) is 2.47. The van der Waals surface area contributed by atoms with Crippen LogP contribution in [0.1, 0.15) is 25.3 Å². The molecule has 6 heteroatoms. The van der Waals surface area contributed by atoms with Crippen LogP contribution in [0.5, 0.6) is 11.5 Å². The molecule has 0 bridgehead atoms. The summed E-state index contributed by atoms with van der Waals surface area (Å²) in [5.74, 6) is 0.491. The van der Waals surface area contributed by atoms with Crippen LogP contribution in [0.2, 0.25) is 0 Å². The van der Waals surface area contributed by atoms with Crippen molar-refractivity contribution in [3.8, 4) is 11.5 Å². The lowest BCUT2D eigenvalue weighted by Gasteiger charge is -2.11. The number of nitrogens with one attached hydrogen (secondary N) is 1. The summed E-state index contributed by atoms with van der Waals surface area (Å²) in [7, 11) is -2.27. The molecule has 0 radical (unpaired) electrons. The molecule has 0 unspecified atom stereocenters. The van der Waals surface area contributed by atoms with Gasteiger partial charge in [-0.3, -0.25) is 4.72 Å². The molecule has 0 spiro atoms. The monoisotopic (exact) mass is 321 g/mol. The highest BCUT2D eigenvalue weighted by Gasteiger charge is 2.15. The van der Waals surface area contributed by atoms with Crippen LogP contribution in [-0.2, 0) is 10.0 Å². The number of phenolic OH excluding ortho intramolecular Hbond substituents is 1. The number of ether oxygens (including phenoxy) is 1. The van der Waals surface area contributed by atoms with Crippen molar-refractivity contribution in [2.75, 3.05) is 11.8 Å². The lowest BCUT2D eigenvalue weighted by Crippen LogP contribution is -2.13. The van der Waals surface area contributed by atoms with Gasteiger partial charge in [0.15, 0.2) is 11.5 Å². The van der Waals surface area contributed by atoms with Crippen LogP contribution in [-0.4, -0.2) is 20.6 Å². The lowest BCUT2D eigenvalue weighted by atomic mass is 10.0. The first kappa shape index (κ1) is 16.2. The Labute approximate surface area is 130 Å². The summed E-state index contributed by atoms with van der Waals surface area (Å²) in [4.78, 5) is 0.173. The van der Waals surface area contributed by atoms with Crippen LogP contribution in [0.25, 0.3) is 0 Å². The number of anilines is 1. The summed E-state index contributed by atoms with van der Waals surface area (Å²) < 4.78 is 32.0. The Balaban J connectivity index is 2.25. The number of sulfonamides is 1. The van der Waals surface area contributed by atoms with E-state index in [9.17, 15) is 13.5 Å². The van der Waals surface area contributed by atoms with Gasteiger partial charge in [0.25, 0.3) is 10.0 Å². The molecule has 0 saturated heterocycles. The predicted molar refractivity (Wildman–Crippen MR) is 86.0 cm³/mol. The molecule has 2 rings (SSSR count). The van der Waals surface area contributed by atoms with E-state index in [1.54, 1.807) is 24.3 Å². The molecule has 2 aromatic carbocycles. The molecule has 118 valence electrons. The Morgan fingerprint density at radius 3 is 2.23 bits per heavy atom. The van der Waals surface area contributed by atoms with E-state index in [1.165, 1.54) is 25.3 Å². The molecular formula is C16H19NO4S. The largest absolute Gasteiger partial charge is 0.504 e. The fourth-order valence-electron chi connectivity index (χ4n) is 2.00. The van der Waals surface area contributed by atoms with Gasteiger partial charge < -0.3 is 9.84 Å². The minimum absolute atomic E-state index is 0.127. The van der Waals surface area contributed by atoms with Crippen LogP contribution >= 0.6 is 0 Å². The van der Waals surface area contributed by atoms with E-state index in [2.05, 4.69) is 4.72 Å². The van der Waals surface area contributed by atoms with Gasteiger partial charge in [-0.05, 0) is 35.7 Å². The second-order valence-electron chi connectivity index (χ2n) is 5.22. The van der Waals surface area contributed by atoms with E-state index in [1.807, 2.05) is 13.8 Å². The van der Waals surface area contributed by atoms with Gasteiger partial charge >= 0.3 is 0 Å². The number of benzene rings is 2. The average molecular weight is 321 g/mol. The number of phenols is 1. The van der Waals surface area contributed by atoms with Crippen molar-refractivity contribution < 1.29 is 18.3 Å². The second kappa shape index (κ2) is 6.27. The molecule has 0 aliphatic carbocycles. The van der Waals surface area contributed by atoms with Gasteiger partial charge in [-0.1, -0.05) is 26.0 Å². The molecule has 0 heterocycles. The van der Waals surface area contributed by atoms with Crippen LogP contribution in [0.15, 0.2) is 47.4 Å². The van der Waals surface area contributed by atoms with Crippen molar-refractivity contribution in [2.24, 2.45) is 0 Å². The maximum atomic E-state index is 12.3. The van der Waals surface area contributed by atoms with Crippen LogP contribution < -0.4 is 9.46 Å².